The Morgan fingerprint density at radius 3 is 2.75 bits per heavy atom. The zero-order valence-corrected chi connectivity index (χ0v) is 14.5. The number of hydrogen-bond acceptors (Lipinski definition) is 5. The van der Waals surface area contributed by atoms with Crippen molar-refractivity contribution in [3.63, 3.8) is 0 Å². The van der Waals surface area contributed by atoms with Crippen LogP contribution in [0.25, 0.3) is 10.6 Å². The Morgan fingerprint density at radius 1 is 1.29 bits per heavy atom. The molecule has 6 heteroatoms. The lowest BCUT2D eigenvalue weighted by molar-refractivity contribution is -0.135. The fourth-order valence-corrected chi connectivity index (χ4v) is 3.77. The summed E-state index contributed by atoms with van der Waals surface area (Å²) >= 11 is 1.63. The van der Waals surface area contributed by atoms with Crippen LogP contribution in [0.3, 0.4) is 0 Å². The highest BCUT2D eigenvalue weighted by atomic mass is 32.1. The average Bonchev–Trinajstić information content (AvgIpc) is 3.12. The second kappa shape index (κ2) is 7.88. The summed E-state index contributed by atoms with van der Waals surface area (Å²) in [5.41, 5.74) is 7.53. The SMILES string of the molecule is NCC1(C(=O)NCCc2csc(-c3ccccc3)n2)CCOCC1. The number of carbonyl (C=O) groups excluding carboxylic acids is 1. The minimum absolute atomic E-state index is 0.0480. The van der Waals surface area contributed by atoms with E-state index in [2.05, 4.69) is 27.8 Å². The van der Waals surface area contributed by atoms with Crippen molar-refractivity contribution in [3.05, 3.63) is 41.4 Å². The zero-order valence-electron chi connectivity index (χ0n) is 13.7. The minimum Gasteiger partial charge on any atom is -0.381 e. The second-order valence-electron chi connectivity index (χ2n) is 6.11. The molecule has 3 N–H and O–H groups in total. The van der Waals surface area contributed by atoms with Crippen molar-refractivity contribution < 1.29 is 9.53 Å². The third-order valence-electron chi connectivity index (χ3n) is 4.56. The number of amides is 1. The summed E-state index contributed by atoms with van der Waals surface area (Å²) in [4.78, 5) is 17.2. The number of nitrogens with one attached hydrogen (secondary N) is 1. The predicted molar refractivity (Wildman–Crippen MR) is 95.8 cm³/mol. The molecule has 0 atom stereocenters. The Morgan fingerprint density at radius 2 is 2.04 bits per heavy atom. The van der Waals surface area contributed by atoms with E-state index in [1.807, 2.05) is 18.2 Å². The number of carbonyl (C=O) groups is 1. The van der Waals surface area contributed by atoms with Gasteiger partial charge in [-0.15, -0.1) is 11.3 Å². The van der Waals surface area contributed by atoms with Gasteiger partial charge in [0.2, 0.25) is 5.91 Å². The molecule has 2 heterocycles. The molecule has 0 saturated carbocycles. The number of rotatable bonds is 6. The molecular formula is C18H23N3O2S. The predicted octanol–water partition coefficient (Wildman–Crippen LogP) is 2.22. The summed E-state index contributed by atoms with van der Waals surface area (Å²) in [6, 6.07) is 10.1. The quantitative estimate of drug-likeness (QED) is 0.842. The smallest absolute Gasteiger partial charge is 0.227 e. The molecule has 1 aliphatic heterocycles. The van der Waals surface area contributed by atoms with Crippen molar-refractivity contribution in [3.8, 4) is 10.6 Å². The van der Waals surface area contributed by atoms with Crippen molar-refractivity contribution >= 4 is 17.2 Å². The lowest BCUT2D eigenvalue weighted by atomic mass is 9.79. The van der Waals surface area contributed by atoms with Gasteiger partial charge in [-0.05, 0) is 12.8 Å². The molecule has 1 amide bonds. The van der Waals surface area contributed by atoms with E-state index < -0.39 is 5.41 Å². The molecule has 128 valence electrons. The summed E-state index contributed by atoms with van der Waals surface area (Å²) in [6.45, 7) is 2.17. The van der Waals surface area contributed by atoms with Gasteiger partial charge >= 0.3 is 0 Å². The van der Waals surface area contributed by atoms with E-state index in [0.29, 0.717) is 39.1 Å². The minimum atomic E-state index is -0.463. The van der Waals surface area contributed by atoms with Gasteiger partial charge in [-0.1, -0.05) is 30.3 Å². The van der Waals surface area contributed by atoms with Gasteiger partial charge in [0, 0.05) is 43.7 Å². The molecule has 5 nitrogen and oxygen atoms in total. The lowest BCUT2D eigenvalue weighted by Crippen LogP contribution is -2.49. The van der Waals surface area contributed by atoms with E-state index in [4.69, 9.17) is 10.5 Å². The van der Waals surface area contributed by atoms with Crippen LogP contribution in [0.2, 0.25) is 0 Å². The first-order valence-corrected chi connectivity index (χ1v) is 9.17. The molecule has 0 radical (unpaired) electrons. The van der Waals surface area contributed by atoms with Crippen LogP contribution in [0, 0.1) is 5.41 Å². The van der Waals surface area contributed by atoms with E-state index in [9.17, 15) is 4.79 Å². The number of hydrogen-bond donors (Lipinski definition) is 2. The van der Waals surface area contributed by atoms with Gasteiger partial charge in [0.05, 0.1) is 11.1 Å². The molecular weight excluding hydrogens is 322 g/mol. The van der Waals surface area contributed by atoms with E-state index in [1.165, 1.54) is 0 Å². The van der Waals surface area contributed by atoms with E-state index >= 15 is 0 Å². The molecule has 24 heavy (non-hydrogen) atoms. The molecule has 3 rings (SSSR count). The standard InChI is InChI=1S/C18H23N3O2S/c19-13-18(7-10-23-11-8-18)17(22)20-9-6-15-12-24-16(21-15)14-4-2-1-3-5-14/h1-5,12H,6-11,13,19H2,(H,20,22). The van der Waals surface area contributed by atoms with Crippen molar-refractivity contribution in [2.24, 2.45) is 11.1 Å². The van der Waals surface area contributed by atoms with Crippen molar-refractivity contribution in [2.75, 3.05) is 26.3 Å². The Bertz CT molecular complexity index is 666. The Labute approximate surface area is 146 Å². The van der Waals surface area contributed by atoms with Crippen LogP contribution in [0.15, 0.2) is 35.7 Å². The second-order valence-corrected chi connectivity index (χ2v) is 6.97. The average molecular weight is 345 g/mol. The van der Waals surface area contributed by atoms with Crippen LogP contribution in [0.4, 0.5) is 0 Å². The summed E-state index contributed by atoms with van der Waals surface area (Å²) in [6.07, 6.45) is 2.13. The summed E-state index contributed by atoms with van der Waals surface area (Å²) < 4.78 is 5.35. The zero-order chi connectivity index (χ0) is 16.8. The van der Waals surface area contributed by atoms with E-state index in [1.54, 1.807) is 11.3 Å². The van der Waals surface area contributed by atoms with Gasteiger partial charge < -0.3 is 15.8 Å². The largest absolute Gasteiger partial charge is 0.381 e. The summed E-state index contributed by atoms with van der Waals surface area (Å²) in [5.74, 6) is 0.0480. The highest BCUT2D eigenvalue weighted by Gasteiger charge is 2.38. The molecule has 2 aromatic rings. The van der Waals surface area contributed by atoms with E-state index in [0.717, 1.165) is 22.7 Å². The third kappa shape index (κ3) is 3.83. The Hall–Kier alpha value is -1.76. The molecule has 0 spiro atoms. The van der Waals surface area contributed by atoms with Gasteiger partial charge in [-0.25, -0.2) is 4.98 Å². The monoisotopic (exact) mass is 345 g/mol. The first kappa shape index (κ1) is 17.1. The highest BCUT2D eigenvalue weighted by molar-refractivity contribution is 7.13. The fraction of sp³-hybridized carbons (Fsp3) is 0.444. The number of aromatic nitrogens is 1. The topological polar surface area (TPSA) is 77.2 Å². The molecule has 0 bridgehead atoms. The summed E-state index contributed by atoms with van der Waals surface area (Å²) in [5, 5.41) is 6.10. The van der Waals surface area contributed by atoms with Gasteiger partial charge in [0.25, 0.3) is 0 Å². The normalized spacial score (nSPS) is 16.7. The van der Waals surface area contributed by atoms with Gasteiger partial charge in [0.1, 0.15) is 5.01 Å². The first-order chi connectivity index (χ1) is 11.7. The molecule has 1 aromatic heterocycles. The molecule has 1 saturated heterocycles. The Kier molecular flexibility index (Phi) is 5.60. The number of nitrogens with zero attached hydrogens (tertiary/aromatic N) is 1. The van der Waals surface area contributed by atoms with Crippen molar-refractivity contribution in [1.29, 1.82) is 0 Å². The lowest BCUT2D eigenvalue weighted by Gasteiger charge is -2.34. The third-order valence-corrected chi connectivity index (χ3v) is 5.50. The first-order valence-electron chi connectivity index (χ1n) is 8.29. The van der Waals surface area contributed by atoms with Crippen LogP contribution in [-0.2, 0) is 16.0 Å². The molecule has 1 fully saturated rings. The number of thiazole rings is 1. The van der Waals surface area contributed by atoms with Crippen LogP contribution < -0.4 is 11.1 Å². The number of benzene rings is 1. The van der Waals surface area contributed by atoms with Crippen LogP contribution in [0.1, 0.15) is 18.5 Å². The van der Waals surface area contributed by atoms with E-state index in [-0.39, 0.29) is 5.91 Å². The maximum absolute atomic E-state index is 12.5. The van der Waals surface area contributed by atoms with Gasteiger partial charge in [0.15, 0.2) is 0 Å². The molecule has 1 aliphatic rings. The van der Waals surface area contributed by atoms with Crippen LogP contribution in [-0.4, -0.2) is 37.2 Å². The van der Waals surface area contributed by atoms with Crippen molar-refractivity contribution in [2.45, 2.75) is 19.3 Å². The highest BCUT2D eigenvalue weighted by Crippen LogP contribution is 2.29. The Balaban J connectivity index is 1.53. The summed E-state index contributed by atoms with van der Waals surface area (Å²) in [7, 11) is 0. The number of ether oxygens (including phenoxy) is 1. The van der Waals surface area contributed by atoms with Crippen LogP contribution in [0.5, 0.6) is 0 Å². The molecule has 0 unspecified atom stereocenters. The van der Waals surface area contributed by atoms with Gasteiger partial charge in [-0.2, -0.15) is 0 Å². The van der Waals surface area contributed by atoms with Gasteiger partial charge in [-0.3, -0.25) is 4.79 Å². The molecule has 0 aliphatic carbocycles. The number of nitrogens with two attached hydrogens (primary N) is 1. The van der Waals surface area contributed by atoms with Crippen molar-refractivity contribution in [1.82, 2.24) is 10.3 Å². The van der Waals surface area contributed by atoms with Crippen LogP contribution >= 0.6 is 11.3 Å². The maximum atomic E-state index is 12.5. The maximum Gasteiger partial charge on any atom is 0.227 e. The fourth-order valence-electron chi connectivity index (χ4n) is 2.91. The molecule has 1 aromatic carbocycles.